The SMILES string of the molecule is O=C(Nc1cccc(Cl)c1)C(=O)Nc1cccc2c(O)cccc12. The molecule has 3 aromatic carbocycles. The topological polar surface area (TPSA) is 78.4 Å². The first kappa shape index (κ1) is 15.8. The second-order valence-electron chi connectivity index (χ2n) is 5.10. The smallest absolute Gasteiger partial charge is 0.314 e. The van der Waals surface area contributed by atoms with Crippen LogP contribution in [0.15, 0.2) is 60.7 Å². The maximum absolute atomic E-state index is 12.1. The van der Waals surface area contributed by atoms with Crippen molar-refractivity contribution in [3.05, 3.63) is 65.7 Å². The molecule has 0 saturated heterocycles. The molecule has 0 fully saturated rings. The Bertz CT molecular complexity index is 940. The van der Waals surface area contributed by atoms with Crippen LogP contribution in [0.3, 0.4) is 0 Å². The first-order valence-electron chi connectivity index (χ1n) is 7.13. The largest absolute Gasteiger partial charge is 0.507 e. The van der Waals surface area contributed by atoms with E-state index in [-0.39, 0.29) is 5.75 Å². The maximum atomic E-state index is 12.1. The number of phenolic OH excluding ortho intramolecular Hbond substituents is 1. The maximum Gasteiger partial charge on any atom is 0.314 e. The van der Waals surface area contributed by atoms with Gasteiger partial charge in [0.25, 0.3) is 0 Å². The van der Waals surface area contributed by atoms with Crippen molar-refractivity contribution in [3.8, 4) is 5.75 Å². The summed E-state index contributed by atoms with van der Waals surface area (Å²) in [6.07, 6.45) is 0. The molecule has 0 heterocycles. The van der Waals surface area contributed by atoms with Gasteiger partial charge >= 0.3 is 11.8 Å². The predicted octanol–water partition coefficient (Wildman–Crippen LogP) is 3.78. The molecule has 0 atom stereocenters. The highest BCUT2D eigenvalue weighted by molar-refractivity contribution is 6.44. The summed E-state index contributed by atoms with van der Waals surface area (Å²) in [5.74, 6) is -1.52. The summed E-state index contributed by atoms with van der Waals surface area (Å²) in [6, 6.07) is 16.6. The van der Waals surface area contributed by atoms with Crippen LogP contribution < -0.4 is 10.6 Å². The highest BCUT2D eigenvalue weighted by Gasteiger charge is 2.15. The number of nitrogens with one attached hydrogen (secondary N) is 2. The van der Waals surface area contributed by atoms with E-state index in [0.717, 1.165) is 0 Å². The lowest BCUT2D eigenvalue weighted by Gasteiger charge is -2.10. The molecule has 0 aliphatic heterocycles. The van der Waals surface area contributed by atoms with E-state index in [2.05, 4.69) is 10.6 Å². The summed E-state index contributed by atoms with van der Waals surface area (Å²) >= 11 is 5.84. The van der Waals surface area contributed by atoms with Crippen LogP contribution in [0.4, 0.5) is 11.4 Å². The number of carbonyl (C=O) groups is 2. The van der Waals surface area contributed by atoms with Crippen LogP contribution in [0, 0.1) is 0 Å². The van der Waals surface area contributed by atoms with Gasteiger partial charge in [0.1, 0.15) is 5.75 Å². The number of benzene rings is 3. The fourth-order valence-corrected chi connectivity index (χ4v) is 2.53. The van der Waals surface area contributed by atoms with Crippen molar-refractivity contribution in [1.82, 2.24) is 0 Å². The van der Waals surface area contributed by atoms with Gasteiger partial charge in [0.15, 0.2) is 0 Å². The number of amides is 2. The van der Waals surface area contributed by atoms with E-state index >= 15 is 0 Å². The molecule has 0 aliphatic rings. The van der Waals surface area contributed by atoms with Crippen molar-refractivity contribution in [2.75, 3.05) is 10.6 Å². The molecule has 3 N–H and O–H groups in total. The van der Waals surface area contributed by atoms with Crippen LogP contribution in [0.25, 0.3) is 10.8 Å². The van der Waals surface area contributed by atoms with E-state index < -0.39 is 11.8 Å². The van der Waals surface area contributed by atoms with Crippen LogP contribution in [0.2, 0.25) is 5.02 Å². The Hall–Kier alpha value is -3.05. The van der Waals surface area contributed by atoms with Crippen LogP contribution in [0.5, 0.6) is 5.75 Å². The Morgan fingerprint density at radius 3 is 2.29 bits per heavy atom. The van der Waals surface area contributed by atoms with Gasteiger partial charge in [-0.2, -0.15) is 0 Å². The first-order valence-corrected chi connectivity index (χ1v) is 7.51. The number of aromatic hydroxyl groups is 1. The van der Waals surface area contributed by atoms with E-state index in [1.54, 1.807) is 60.7 Å². The van der Waals surface area contributed by atoms with Gasteiger partial charge in [0.2, 0.25) is 0 Å². The number of carbonyl (C=O) groups excluding carboxylic acids is 2. The van der Waals surface area contributed by atoms with Gasteiger partial charge in [0, 0.05) is 27.2 Å². The zero-order valence-electron chi connectivity index (χ0n) is 12.4. The van der Waals surface area contributed by atoms with Crippen molar-refractivity contribution in [2.24, 2.45) is 0 Å². The molecule has 0 bridgehead atoms. The molecule has 0 unspecified atom stereocenters. The molecule has 3 aromatic rings. The molecule has 6 heteroatoms. The summed E-state index contributed by atoms with van der Waals surface area (Å²) in [7, 11) is 0. The summed E-state index contributed by atoms with van der Waals surface area (Å²) in [5, 5.41) is 16.6. The van der Waals surface area contributed by atoms with E-state index in [0.29, 0.717) is 27.2 Å². The lowest BCUT2D eigenvalue weighted by atomic mass is 10.1. The lowest BCUT2D eigenvalue weighted by molar-refractivity contribution is -0.132. The second-order valence-corrected chi connectivity index (χ2v) is 5.53. The molecule has 24 heavy (non-hydrogen) atoms. The third-order valence-corrected chi connectivity index (χ3v) is 3.67. The molecule has 3 rings (SSSR count). The molecule has 0 aliphatic carbocycles. The standard InChI is InChI=1S/C18H13ClN2O3/c19-11-4-1-5-12(10-11)20-17(23)18(24)21-15-8-2-7-14-13(15)6-3-9-16(14)22/h1-10,22H,(H,20,23)(H,21,24). The third kappa shape index (κ3) is 3.31. The van der Waals surface area contributed by atoms with Gasteiger partial charge in [-0.05, 0) is 30.3 Å². The Labute approximate surface area is 142 Å². The van der Waals surface area contributed by atoms with Crippen LogP contribution in [-0.4, -0.2) is 16.9 Å². The Balaban J connectivity index is 1.80. The molecule has 5 nitrogen and oxygen atoms in total. The second kappa shape index (κ2) is 6.60. The van der Waals surface area contributed by atoms with Crippen molar-refractivity contribution in [1.29, 1.82) is 0 Å². The van der Waals surface area contributed by atoms with Gasteiger partial charge in [-0.25, -0.2) is 0 Å². The average molecular weight is 341 g/mol. The molecule has 120 valence electrons. The van der Waals surface area contributed by atoms with E-state index in [1.807, 2.05) is 0 Å². The van der Waals surface area contributed by atoms with E-state index in [9.17, 15) is 14.7 Å². The van der Waals surface area contributed by atoms with Gasteiger partial charge < -0.3 is 15.7 Å². The fourth-order valence-electron chi connectivity index (χ4n) is 2.34. The van der Waals surface area contributed by atoms with Crippen molar-refractivity contribution < 1.29 is 14.7 Å². The van der Waals surface area contributed by atoms with Crippen molar-refractivity contribution in [3.63, 3.8) is 0 Å². The van der Waals surface area contributed by atoms with Crippen LogP contribution in [-0.2, 0) is 9.59 Å². The molecule has 0 spiro atoms. The number of anilines is 2. The molecule has 0 saturated carbocycles. The Kier molecular flexibility index (Phi) is 4.35. The van der Waals surface area contributed by atoms with Crippen molar-refractivity contribution >= 4 is 45.6 Å². The summed E-state index contributed by atoms with van der Waals surface area (Å²) in [5.41, 5.74) is 0.868. The van der Waals surface area contributed by atoms with Crippen LogP contribution >= 0.6 is 11.6 Å². The highest BCUT2D eigenvalue weighted by atomic mass is 35.5. The number of phenols is 1. The quantitative estimate of drug-likeness (QED) is 0.621. The van der Waals surface area contributed by atoms with Crippen molar-refractivity contribution in [2.45, 2.75) is 0 Å². The zero-order chi connectivity index (χ0) is 17.1. The van der Waals surface area contributed by atoms with Gasteiger partial charge in [0.05, 0.1) is 0 Å². The summed E-state index contributed by atoms with van der Waals surface area (Å²) in [4.78, 5) is 24.1. The minimum absolute atomic E-state index is 0.104. The highest BCUT2D eigenvalue weighted by Crippen LogP contribution is 2.29. The molecular formula is C18H13ClN2O3. The fraction of sp³-hybridized carbons (Fsp3) is 0. The first-order chi connectivity index (χ1) is 11.5. The number of fused-ring (bicyclic) bond motifs is 1. The zero-order valence-corrected chi connectivity index (χ0v) is 13.2. The van der Waals surface area contributed by atoms with E-state index in [4.69, 9.17) is 11.6 Å². The predicted molar refractivity (Wildman–Crippen MR) is 94.3 cm³/mol. The molecular weight excluding hydrogens is 328 g/mol. The average Bonchev–Trinajstić information content (AvgIpc) is 2.56. The number of hydrogen-bond acceptors (Lipinski definition) is 3. The van der Waals surface area contributed by atoms with Gasteiger partial charge in [-0.3, -0.25) is 9.59 Å². The molecule has 0 aromatic heterocycles. The minimum Gasteiger partial charge on any atom is -0.507 e. The monoisotopic (exact) mass is 340 g/mol. The summed E-state index contributed by atoms with van der Waals surface area (Å²) in [6.45, 7) is 0. The third-order valence-electron chi connectivity index (χ3n) is 3.44. The minimum atomic E-state index is -0.814. The summed E-state index contributed by atoms with van der Waals surface area (Å²) < 4.78 is 0. The van der Waals surface area contributed by atoms with E-state index in [1.165, 1.54) is 0 Å². The number of halogens is 1. The Morgan fingerprint density at radius 1 is 0.833 bits per heavy atom. The van der Waals surface area contributed by atoms with Gasteiger partial charge in [-0.15, -0.1) is 0 Å². The molecule has 0 radical (unpaired) electrons. The Morgan fingerprint density at radius 2 is 1.50 bits per heavy atom. The number of hydrogen-bond donors (Lipinski definition) is 3. The molecule has 2 amide bonds. The normalized spacial score (nSPS) is 10.4. The van der Waals surface area contributed by atoms with Crippen LogP contribution in [0.1, 0.15) is 0 Å². The lowest BCUT2D eigenvalue weighted by Crippen LogP contribution is -2.29. The number of rotatable bonds is 2. The van der Waals surface area contributed by atoms with Gasteiger partial charge in [-0.1, -0.05) is 41.9 Å².